The van der Waals surface area contributed by atoms with E-state index in [1.54, 1.807) is 7.11 Å². The predicted octanol–water partition coefficient (Wildman–Crippen LogP) is 5.43. The number of ether oxygens (including phenoxy) is 2. The van der Waals surface area contributed by atoms with Gasteiger partial charge in [-0.25, -0.2) is 14.8 Å². The maximum Gasteiger partial charge on any atom is 0.412 e. The number of benzene rings is 2. The second kappa shape index (κ2) is 8.63. The van der Waals surface area contributed by atoms with Crippen LogP contribution in [0.25, 0.3) is 21.6 Å². The number of hydrogen-bond acceptors (Lipinski definition) is 6. The average molecular weight is 449 g/mol. The zero-order valence-electron chi connectivity index (χ0n) is 18.1. The largest absolute Gasteiger partial charge is 0.496 e. The van der Waals surface area contributed by atoms with Gasteiger partial charge in [-0.05, 0) is 42.7 Å². The summed E-state index contributed by atoms with van der Waals surface area (Å²) in [6, 6.07) is 13.8. The third-order valence-corrected chi connectivity index (χ3v) is 6.68. The molecule has 5 rings (SSSR count). The molecule has 1 N–H and O–H groups in total. The van der Waals surface area contributed by atoms with Crippen LogP contribution in [-0.4, -0.2) is 27.7 Å². The Morgan fingerprint density at radius 2 is 2.09 bits per heavy atom. The second-order valence-electron chi connectivity index (χ2n) is 7.66. The standard InChI is InChI=1S/C24H24N4O3S/c1-3-17-23(32-22(26-17)16-7-4-5-8-20(16)30-2)27-24(29)31-14-15-10-11-19-18(13-15)25-21-9-6-12-28(19)21/h4-5,7-8,10-11,13H,3,6,9,12,14H2,1-2H3,(H,27,29). The lowest BCUT2D eigenvalue weighted by Gasteiger charge is -2.07. The Kier molecular flexibility index (Phi) is 5.53. The summed E-state index contributed by atoms with van der Waals surface area (Å²) >= 11 is 1.42. The highest BCUT2D eigenvalue weighted by atomic mass is 32.1. The molecule has 2 aromatic heterocycles. The molecule has 1 aliphatic rings. The number of carbonyl (C=O) groups excluding carboxylic acids is 1. The predicted molar refractivity (Wildman–Crippen MR) is 125 cm³/mol. The number of rotatable bonds is 6. The maximum absolute atomic E-state index is 12.5. The number of carbonyl (C=O) groups is 1. The molecule has 8 heteroatoms. The minimum atomic E-state index is -0.498. The van der Waals surface area contributed by atoms with Gasteiger partial charge >= 0.3 is 6.09 Å². The van der Waals surface area contributed by atoms with Crippen molar-refractivity contribution in [3.63, 3.8) is 0 Å². The minimum Gasteiger partial charge on any atom is -0.496 e. The molecule has 32 heavy (non-hydrogen) atoms. The molecule has 0 unspecified atom stereocenters. The molecular weight excluding hydrogens is 424 g/mol. The molecule has 0 spiro atoms. The molecule has 4 aromatic rings. The van der Waals surface area contributed by atoms with Gasteiger partial charge in [0.25, 0.3) is 0 Å². The van der Waals surface area contributed by atoms with Crippen molar-refractivity contribution >= 4 is 33.5 Å². The Labute approximate surface area is 190 Å². The first kappa shape index (κ1) is 20.5. The van der Waals surface area contributed by atoms with Crippen molar-refractivity contribution in [2.45, 2.75) is 39.3 Å². The summed E-state index contributed by atoms with van der Waals surface area (Å²) in [5.41, 5.74) is 4.74. The van der Waals surface area contributed by atoms with E-state index in [2.05, 4.69) is 16.0 Å². The average Bonchev–Trinajstić information content (AvgIpc) is 3.52. The van der Waals surface area contributed by atoms with E-state index in [-0.39, 0.29) is 6.61 Å². The summed E-state index contributed by atoms with van der Waals surface area (Å²) < 4.78 is 13.2. The third kappa shape index (κ3) is 3.82. The third-order valence-electron chi connectivity index (χ3n) is 5.63. The Morgan fingerprint density at radius 3 is 2.94 bits per heavy atom. The van der Waals surface area contributed by atoms with Gasteiger partial charge in [0.05, 0.1) is 29.4 Å². The second-order valence-corrected chi connectivity index (χ2v) is 8.66. The topological polar surface area (TPSA) is 78.3 Å². The molecule has 0 atom stereocenters. The SMILES string of the molecule is CCc1nc(-c2ccccc2OC)sc1NC(=O)OCc1ccc2c(c1)nc1n2CCC1. The number of fused-ring (bicyclic) bond motifs is 3. The van der Waals surface area contributed by atoms with Gasteiger partial charge in [-0.15, -0.1) is 0 Å². The first-order chi connectivity index (χ1) is 15.7. The Hall–Kier alpha value is -3.39. The molecule has 7 nitrogen and oxygen atoms in total. The number of thiazole rings is 1. The highest BCUT2D eigenvalue weighted by molar-refractivity contribution is 7.19. The number of nitrogens with one attached hydrogen (secondary N) is 1. The van der Waals surface area contributed by atoms with Crippen LogP contribution in [0.5, 0.6) is 5.75 Å². The van der Waals surface area contributed by atoms with E-state index in [0.717, 1.165) is 63.8 Å². The van der Waals surface area contributed by atoms with Crippen molar-refractivity contribution in [1.29, 1.82) is 0 Å². The van der Waals surface area contributed by atoms with Crippen molar-refractivity contribution in [2.75, 3.05) is 12.4 Å². The van der Waals surface area contributed by atoms with Crippen LogP contribution in [0.2, 0.25) is 0 Å². The number of imidazole rings is 1. The minimum absolute atomic E-state index is 0.184. The van der Waals surface area contributed by atoms with Crippen molar-refractivity contribution in [3.8, 4) is 16.3 Å². The first-order valence-electron chi connectivity index (χ1n) is 10.7. The van der Waals surface area contributed by atoms with E-state index in [9.17, 15) is 4.79 Å². The van der Waals surface area contributed by atoms with E-state index in [0.29, 0.717) is 11.4 Å². The highest BCUT2D eigenvalue weighted by Gasteiger charge is 2.18. The van der Waals surface area contributed by atoms with Crippen LogP contribution in [0.4, 0.5) is 9.80 Å². The van der Waals surface area contributed by atoms with Crippen molar-refractivity contribution < 1.29 is 14.3 Å². The Balaban J connectivity index is 1.28. The van der Waals surface area contributed by atoms with Gasteiger partial charge in [0.15, 0.2) is 0 Å². The quantitative estimate of drug-likeness (QED) is 0.426. The van der Waals surface area contributed by atoms with E-state index in [4.69, 9.17) is 19.4 Å². The number of para-hydroxylation sites is 1. The van der Waals surface area contributed by atoms with Crippen LogP contribution >= 0.6 is 11.3 Å². The number of aryl methyl sites for hydroxylation is 3. The fraction of sp³-hybridized carbons (Fsp3) is 0.292. The molecule has 1 amide bonds. The van der Waals surface area contributed by atoms with E-state index < -0.39 is 6.09 Å². The molecule has 3 heterocycles. The van der Waals surface area contributed by atoms with Gasteiger partial charge in [-0.1, -0.05) is 36.5 Å². The maximum atomic E-state index is 12.5. The fourth-order valence-electron chi connectivity index (χ4n) is 4.05. The zero-order chi connectivity index (χ0) is 22.1. The molecule has 2 aromatic carbocycles. The van der Waals surface area contributed by atoms with Gasteiger partial charge in [-0.3, -0.25) is 5.32 Å². The van der Waals surface area contributed by atoms with E-state index in [1.807, 2.05) is 43.3 Å². The summed E-state index contributed by atoms with van der Waals surface area (Å²) in [7, 11) is 1.64. The summed E-state index contributed by atoms with van der Waals surface area (Å²) in [5.74, 6) is 1.89. The zero-order valence-corrected chi connectivity index (χ0v) is 18.9. The molecule has 0 saturated carbocycles. The van der Waals surface area contributed by atoms with Gasteiger partial charge in [-0.2, -0.15) is 0 Å². The van der Waals surface area contributed by atoms with E-state index >= 15 is 0 Å². The van der Waals surface area contributed by atoms with Gasteiger partial charge in [0.2, 0.25) is 0 Å². The van der Waals surface area contributed by atoms with Crippen LogP contribution in [0.15, 0.2) is 42.5 Å². The van der Waals surface area contributed by atoms with Gasteiger partial charge in [0, 0.05) is 13.0 Å². The molecule has 0 fully saturated rings. The number of methoxy groups -OCH3 is 1. The van der Waals surface area contributed by atoms with E-state index in [1.165, 1.54) is 11.3 Å². The fourth-order valence-corrected chi connectivity index (χ4v) is 5.12. The van der Waals surface area contributed by atoms with Gasteiger partial charge in [0.1, 0.15) is 28.2 Å². The lowest BCUT2D eigenvalue weighted by Crippen LogP contribution is -2.13. The summed E-state index contributed by atoms with van der Waals surface area (Å²) in [6.45, 7) is 3.22. The van der Waals surface area contributed by atoms with Crippen LogP contribution < -0.4 is 10.1 Å². The summed E-state index contributed by atoms with van der Waals surface area (Å²) in [5, 5.41) is 4.36. The van der Waals surface area contributed by atoms with Gasteiger partial charge < -0.3 is 14.0 Å². The molecule has 0 saturated heterocycles. The number of amides is 1. The Morgan fingerprint density at radius 1 is 1.22 bits per heavy atom. The Bertz CT molecular complexity index is 1290. The number of anilines is 1. The number of hydrogen-bond donors (Lipinski definition) is 1. The lowest BCUT2D eigenvalue weighted by molar-refractivity contribution is 0.155. The van der Waals surface area contributed by atoms with Crippen LogP contribution in [-0.2, 0) is 30.7 Å². The van der Waals surface area contributed by atoms with Crippen molar-refractivity contribution in [2.24, 2.45) is 0 Å². The van der Waals surface area contributed by atoms with Crippen LogP contribution in [0.3, 0.4) is 0 Å². The summed E-state index contributed by atoms with van der Waals surface area (Å²) in [4.78, 5) is 21.9. The van der Waals surface area contributed by atoms with Crippen LogP contribution in [0.1, 0.15) is 30.4 Å². The monoisotopic (exact) mass is 448 g/mol. The number of aromatic nitrogens is 3. The van der Waals surface area contributed by atoms with Crippen molar-refractivity contribution in [1.82, 2.24) is 14.5 Å². The lowest BCUT2D eigenvalue weighted by atomic mass is 10.2. The first-order valence-corrected chi connectivity index (χ1v) is 11.5. The molecule has 0 aliphatic carbocycles. The molecule has 0 bridgehead atoms. The highest BCUT2D eigenvalue weighted by Crippen LogP contribution is 2.37. The molecular formula is C24H24N4O3S. The molecule has 1 aliphatic heterocycles. The normalized spacial score (nSPS) is 12.7. The molecule has 0 radical (unpaired) electrons. The molecule has 164 valence electrons. The smallest absolute Gasteiger partial charge is 0.412 e. The summed E-state index contributed by atoms with van der Waals surface area (Å²) in [6.07, 6.45) is 2.37. The van der Waals surface area contributed by atoms with Crippen molar-refractivity contribution in [3.05, 3.63) is 59.5 Å². The number of nitrogens with zero attached hydrogens (tertiary/aromatic N) is 3. The van der Waals surface area contributed by atoms with Crippen LogP contribution in [0, 0.1) is 0 Å².